The van der Waals surface area contributed by atoms with E-state index < -0.39 is 11.7 Å². The van der Waals surface area contributed by atoms with Crippen molar-refractivity contribution in [3.63, 3.8) is 0 Å². The fourth-order valence-corrected chi connectivity index (χ4v) is 2.64. The molecule has 27 heavy (non-hydrogen) atoms. The lowest BCUT2D eigenvalue weighted by Gasteiger charge is -2.10. The highest BCUT2D eigenvalue weighted by molar-refractivity contribution is 7.80. The normalized spacial score (nSPS) is 11.4. The Hall–Kier alpha value is -2.13. The number of nitrogens with one attached hydrogen (secondary N) is 2. The highest BCUT2D eigenvalue weighted by Crippen LogP contribution is 2.29. The number of thiocarbonyl (C=S) groups is 1. The molecule has 0 saturated carbocycles. The van der Waals surface area contributed by atoms with E-state index >= 15 is 0 Å². The first kappa shape index (κ1) is 21.2. The van der Waals surface area contributed by atoms with Gasteiger partial charge in [0, 0.05) is 31.5 Å². The fraction of sp³-hybridized carbons (Fsp3) is 0.444. The quantitative estimate of drug-likeness (QED) is 0.519. The van der Waals surface area contributed by atoms with E-state index in [4.69, 9.17) is 17.0 Å². The van der Waals surface area contributed by atoms with Crippen LogP contribution in [-0.2, 0) is 17.5 Å². The molecular formula is C18H23F3N4OS. The maximum Gasteiger partial charge on any atom is 0.416 e. The highest BCUT2D eigenvalue weighted by Gasteiger charge is 2.30. The molecule has 0 saturated heterocycles. The number of aromatic nitrogens is 2. The van der Waals surface area contributed by atoms with Crippen molar-refractivity contribution in [2.45, 2.75) is 33.0 Å². The van der Waals surface area contributed by atoms with Crippen LogP contribution in [0.5, 0.6) is 0 Å². The molecule has 2 N–H and O–H groups in total. The number of benzene rings is 1. The number of nitrogens with zero attached hydrogens (tertiary/aromatic N) is 2. The van der Waals surface area contributed by atoms with Gasteiger partial charge in [-0.05, 0) is 50.2 Å². The van der Waals surface area contributed by atoms with Crippen LogP contribution in [0.4, 0.5) is 19.0 Å². The summed E-state index contributed by atoms with van der Waals surface area (Å²) in [4.78, 5) is 0. The third-order valence-electron chi connectivity index (χ3n) is 3.76. The van der Waals surface area contributed by atoms with Gasteiger partial charge in [-0.15, -0.1) is 0 Å². The highest BCUT2D eigenvalue weighted by atomic mass is 32.1. The van der Waals surface area contributed by atoms with Crippen molar-refractivity contribution in [2.75, 3.05) is 25.1 Å². The molecule has 0 fully saturated rings. The summed E-state index contributed by atoms with van der Waals surface area (Å²) < 4.78 is 45.4. The summed E-state index contributed by atoms with van der Waals surface area (Å²) in [7, 11) is 0. The van der Waals surface area contributed by atoms with Gasteiger partial charge in [-0.2, -0.15) is 18.3 Å². The summed E-state index contributed by atoms with van der Waals surface area (Å²) in [6.07, 6.45) is -3.53. The SMILES string of the molecule is CCOCCCNC(=S)Nc1cc(C)n(Cc2cccc(C(F)(F)F)c2)n1. The van der Waals surface area contributed by atoms with Gasteiger partial charge in [0.1, 0.15) is 0 Å². The Morgan fingerprint density at radius 2 is 2.07 bits per heavy atom. The number of aryl methyl sites for hydroxylation is 1. The Labute approximate surface area is 161 Å². The first-order chi connectivity index (χ1) is 12.8. The molecule has 0 spiro atoms. The van der Waals surface area contributed by atoms with E-state index in [9.17, 15) is 13.2 Å². The molecule has 2 rings (SSSR count). The number of alkyl halides is 3. The second kappa shape index (κ2) is 9.70. The average molecular weight is 400 g/mol. The molecule has 0 unspecified atom stereocenters. The monoisotopic (exact) mass is 400 g/mol. The first-order valence-electron chi connectivity index (χ1n) is 8.62. The number of hydrogen-bond donors (Lipinski definition) is 2. The molecule has 0 aliphatic rings. The molecule has 0 aliphatic carbocycles. The second-order valence-corrected chi connectivity index (χ2v) is 6.37. The number of ether oxygens (including phenoxy) is 1. The zero-order valence-electron chi connectivity index (χ0n) is 15.3. The van der Waals surface area contributed by atoms with E-state index in [1.165, 1.54) is 6.07 Å². The molecule has 148 valence electrons. The van der Waals surface area contributed by atoms with E-state index in [2.05, 4.69) is 15.7 Å². The lowest BCUT2D eigenvalue weighted by molar-refractivity contribution is -0.137. The first-order valence-corrected chi connectivity index (χ1v) is 9.03. The molecule has 0 aliphatic heterocycles. The van der Waals surface area contributed by atoms with Crippen LogP contribution in [0.3, 0.4) is 0 Å². The molecule has 0 atom stereocenters. The minimum atomic E-state index is -4.36. The molecule has 0 amide bonds. The van der Waals surface area contributed by atoms with Crippen LogP contribution < -0.4 is 10.6 Å². The van der Waals surface area contributed by atoms with Crippen molar-refractivity contribution in [1.82, 2.24) is 15.1 Å². The van der Waals surface area contributed by atoms with Crippen molar-refractivity contribution in [3.8, 4) is 0 Å². The predicted octanol–water partition coefficient (Wildman–Crippen LogP) is 3.97. The smallest absolute Gasteiger partial charge is 0.382 e. The summed E-state index contributed by atoms with van der Waals surface area (Å²) in [5.74, 6) is 0.543. The van der Waals surface area contributed by atoms with Crippen molar-refractivity contribution in [1.29, 1.82) is 0 Å². The van der Waals surface area contributed by atoms with E-state index in [1.54, 1.807) is 16.8 Å². The molecule has 1 aromatic carbocycles. The van der Waals surface area contributed by atoms with Gasteiger partial charge < -0.3 is 15.4 Å². The van der Waals surface area contributed by atoms with Crippen molar-refractivity contribution >= 4 is 23.1 Å². The molecular weight excluding hydrogens is 377 g/mol. The van der Waals surface area contributed by atoms with Gasteiger partial charge in [-0.1, -0.05) is 12.1 Å². The fourth-order valence-electron chi connectivity index (χ4n) is 2.43. The zero-order valence-corrected chi connectivity index (χ0v) is 16.1. The van der Waals surface area contributed by atoms with Gasteiger partial charge in [0.2, 0.25) is 0 Å². The zero-order chi connectivity index (χ0) is 19.9. The van der Waals surface area contributed by atoms with Gasteiger partial charge in [0.05, 0.1) is 12.1 Å². The molecule has 2 aromatic rings. The summed E-state index contributed by atoms with van der Waals surface area (Å²) in [6, 6.07) is 7.04. The average Bonchev–Trinajstić information content (AvgIpc) is 2.93. The van der Waals surface area contributed by atoms with Gasteiger partial charge in [0.25, 0.3) is 0 Å². The molecule has 0 bridgehead atoms. The summed E-state index contributed by atoms with van der Waals surface area (Å²) in [6.45, 7) is 6.05. The molecule has 5 nitrogen and oxygen atoms in total. The Balaban J connectivity index is 1.93. The minimum Gasteiger partial charge on any atom is -0.382 e. The van der Waals surface area contributed by atoms with Crippen LogP contribution >= 0.6 is 12.2 Å². The minimum absolute atomic E-state index is 0.242. The number of anilines is 1. The number of halogens is 3. The van der Waals surface area contributed by atoms with Gasteiger partial charge >= 0.3 is 6.18 Å². The summed E-state index contributed by atoms with van der Waals surface area (Å²) >= 11 is 5.22. The van der Waals surface area contributed by atoms with E-state index in [0.29, 0.717) is 36.3 Å². The van der Waals surface area contributed by atoms with Gasteiger partial charge in [-0.3, -0.25) is 4.68 Å². The maximum absolute atomic E-state index is 12.8. The van der Waals surface area contributed by atoms with E-state index in [0.717, 1.165) is 24.2 Å². The predicted molar refractivity (Wildman–Crippen MR) is 103 cm³/mol. The third kappa shape index (κ3) is 6.84. The Kier molecular flexibility index (Phi) is 7.61. The molecule has 0 radical (unpaired) electrons. The number of hydrogen-bond acceptors (Lipinski definition) is 3. The van der Waals surface area contributed by atoms with Gasteiger partial charge in [-0.25, -0.2) is 0 Å². The van der Waals surface area contributed by atoms with Crippen molar-refractivity contribution < 1.29 is 17.9 Å². The van der Waals surface area contributed by atoms with Crippen LogP contribution in [0.15, 0.2) is 30.3 Å². The standard InChI is InChI=1S/C18H23F3N4OS/c1-3-26-9-5-8-22-17(27)23-16-10-13(2)25(24-16)12-14-6-4-7-15(11-14)18(19,20)21/h4,6-7,10-11H,3,5,8-9,12H2,1-2H3,(H2,22,23,24,27). The summed E-state index contributed by atoms with van der Waals surface area (Å²) in [5.41, 5.74) is 0.675. The molecule has 1 heterocycles. The van der Waals surface area contributed by atoms with Crippen molar-refractivity contribution in [3.05, 3.63) is 47.2 Å². The van der Waals surface area contributed by atoms with Gasteiger partial charge in [0.15, 0.2) is 10.9 Å². The van der Waals surface area contributed by atoms with Crippen LogP contribution in [0, 0.1) is 6.92 Å². The summed E-state index contributed by atoms with van der Waals surface area (Å²) in [5, 5.41) is 10.8. The molecule has 1 aromatic heterocycles. The topological polar surface area (TPSA) is 51.1 Å². The molecule has 9 heteroatoms. The lowest BCUT2D eigenvalue weighted by atomic mass is 10.1. The maximum atomic E-state index is 12.8. The number of rotatable bonds is 8. The van der Waals surface area contributed by atoms with Crippen LogP contribution in [0.25, 0.3) is 0 Å². The second-order valence-electron chi connectivity index (χ2n) is 5.96. The third-order valence-corrected chi connectivity index (χ3v) is 4.01. The van der Waals surface area contributed by atoms with E-state index in [-0.39, 0.29) is 6.54 Å². The van der Waals surface area contributed by atoms with Crippen LogP contribution in [-0.4, -0.2) is 34.7 Å². The Morgan fingerprint density at radius 1 is 1.30 bits per heavy atom. The van der Waals surface area contributed by atoms with Crippen molar-refractivity contribution in [2.24, 2.45) is 0 Å². The van der Waals surface area contributed by atoms with Crippen LogP contribution in [0.2, 0.25) is 0 Å². The lowest BCUT2D eigenvalue weighted by Crippen LogP contribution is -2.30. The Bertz CT molecular complexity index is 761. The van der Waals surface area contributed by atoms with E-state index in [1.807, 2.05) is 13.8 Å². The largest absolute Gasteiger partial charge is 0.416 e. The Morgan fingerprint density at radius 3 is 2.78 bits per heavy atom. The van der Waals surface area contributed by atoms with Crippen LogP contribution in [0.1, 0.15) is 30.2 Å².